The van der Waals surface area contributed by atoms with E-state index in [1.165, 1.54) is 103 Å². The van der Waals surface area contributed by atoms with E-state index in [2.05, 4.69) is 26.8 Å². The molecule has 1 aliphatic carbocycles. The molecule has 0 spiro atoms. The Balaban J connectivity index is 1.23. The maximum absolute atomic E-state index is 5.83. The van der Waals surface area contributed by atoms with Gasteiger partial charge in [-0.15, -0.1) is 0 Å². The lowest BCUT2D eigenvalue weighted by Crippen LogP contribution is -2.46. The third kappa shape index (κ3) is 5.55. The molecule has 3 heterocycles. The van der Waals surface area contributed by atoms with E-state index >= 15 is 0 Å². The number of hydrogen-bond acceptors (Lipinski definition) is 5. The van der Waals surface area contributed by atoms with Crippen molar-refractivity contribution in [1.29, 1.82) is 0 Å². The normalized spacial score (nSPS) is 25.5. The van der Waals surface area contributed by atoms with Gasteiger partial charge in [0.1, 0.15) is 0 Å². The van der Waals surface area contributed by atoms with Crippen LogP contribution in [0.1, 0.15) is 63.4 Å². The van der Waals surface area contributed by atoms with E-state index in [-0.39, 0.29) is 0 Å². The lowest BCUT2D eigenvalue weighted by molar-refractivity contribution is 0.0908. The molecule has 1 saturated carbocycles. The Morgan fingerprint density at radius 1 is 0.903 bits per heavy atom. The highest BCUT2D eigenvalue weighted by atomic mass is 16.7. The smallest absolute Gasteiger partial charge is 0.231 e. The van der Waals surface area contributed by atoms with E-state index in [1.54, 1.807) is 0 Å². The van der Waals surface area contributed by atoms with Gasteiger partial charge >= 0.3 is 0 Å². The standard InChI is InChI=1S/C26H41N3O2/c1-4-13-27(14-5-1)16-17-28(20-23-9-6-12-25-26(23)31-21-30-25)18-22-8-7-15-29(19-22)24-10-2-3-11-24/h6,9,12,22,24H,1-5,7-8,10-11,13-21H2/t22-/m0/s1. The van der Waals surface area contributed by atoms with E-state index in [4.69, 9.17) is 9.47 Å². The summed E-state index contributed by atoms with van der Waals surface area (Å²) in [6.07, 6.45) is 12.6. The van der Waals surface area contributed by atoms with Gasteiger partial charge in [0, 0.05) is 44.3 Å². The number of para-hydroxylation sites is 1. The van der Waals surface area contributed by atoms with Gasteiger partial charge in [-0.2, -0.15) is 0 Å². The first-order chi connectivity index (χ1) is 15.3. The molecule has 0 bridgehead atoms. The molecule has 0 radical (unpaired) electrons. The van der Waals surface area contributed by atoms with Crippen molar-refractivity contribution in [2.45, 2.75) is 70.4 Å². The minimum absolute atomic E-state index is 0.360. The Kier molecular flexibility index (Phi) is 7.33. The molecule has 1 aromatic carbocycles. The molecule has 5 heteroatoms. The van der Waals surface area contributed by atoms with Crippen molar-refractivity contribution in [3.05, 3.63) is 23.8 Å². The third-order valence-corrected chi connectivity index (χ3v) is 7.96. The zero-order valence-corrected chi connectivity index (χ0v) is 19.3. The molecular weight excluding hydrogens is 386 g/mol. The molecule has 3 fully saturated rings. The summed E-state index contributed by atoms with van der Waals surface area (Å²) in [5, 5.41) is 0. The molecule has 5 rings (SSSR count). The summed E-state index contributed by atoms with van der Waals surface area (Å²) in [5.41, 5.74) is 1.29. The number of hydrogen-bond donors (Lipinski definition) is 0. The molecular formula is C26H41N3O2. The van der Waals surface area contributed by atoms with E-state index in [0.29, 0.717) is 6.79 Å². The number of rotatable bonds is 8. The minimum Gasteiger partial charge on any atom is -0.454 e. The summed E-state index contributed by atoms with van der Waals surface area (Å²) in [6.45, 7) is 10.1. The van der Waals surface area contributed by atoms with E-state index in [0.717, 1.165) is 36.5 Å². The third-order valence-electron chi connectivity index (χ3n) is 7.96. The van der Waals surface area contributed by atoms with Gasteiger partial charge in [0.25, 0.3) is 0 Å². The molecule has 1 aromatic rings. The lowest BCUT2D eigenvalue weighted by atomic mass is 9.95. The maximum Gasteiger partial charge on any atom is 0.231 e. The Hall–Kier alpha value is -1.30. The first kappa shape index (κ1) is 21.5. The Morgan fingerprint density at radius 2 is 1.77 bits per heavy atom. The van der Waals surface area contributed by atoms with Gasteiger partial charge in [-0.05, 0) is 70.1 Å². The predicted octanol–water partition coefficient (Wildman–Crippen LogP) is 4.36. The summed E-state index contributed by atoms with van der Waals surface area (Å²) >= 11 is 0. The zero-order chi connectivity index (χ0) is 20.9. The first-order valence-corrected chi connectivity index (χ1v) is 12.9. The molecule has 4 aliphatic rings. The molecule has 2 saturated heterocycles. The Labute approximate surface area is 188 Å². The van der Waals surface area contributed by atoms with Gasteiger partial charge in [-0.3, -0.25) is 4.90 Å². The van der Waals surface area contributed by atoms with Crippen LogP contribution in [0.5, 0.6) is 11.5 Å². The summed E-state index contributed by atoms with van der Waals surface area (Å²) in [6, 6.07) is 7.25. The minimum atomic E-state index is 0.360. The summed E-state index contributed by atoms with van der Waals surface area (Å²) in [7, 11) is 0. The second kappa shape index (κ2) is 10.5. The molecule has 172 valence electrons. The van der Waals surface area contributed by atoms with E-state index < -0.39 is 0 Å². The fourth-order valence-corrected chi connectivity index (χ4v) is 6.27. The van der Waals surface area contributed by atoms with Crippen LogP contribution >= 0.6 is 0 Å². The molecule has 5 nitrogen and oxygen atoms in total. The van der Waals surface area contributed by atoms with Crippen molar-refractivity contribution in [2.24, 2.45) is 5.92 Å². The highest BCUT2D eigenvalue weighted by Crippen LogP contribution is 2.36. The van der Waals surface area contributed by atoms with Crippen molar-refractivity contribution in [2.75, 3.05) is 52.6 Å². The van der Waals surface area contributed by atoms with Crippen LogP contribution < -0.4 is 9.47 Å². The number of fused-ring (bicyclic) bond motifs is 1. The van der Waals surface area contributed by atoms with Gasteiger partial charge in [-0.25, -0.2) is 0 Å². The van der Waals surface area contributed by atoms with Crippen molar-refractivity contribution in [1.82, 2.24) is 14.7 Å². The van der Waals surface area contributed by atoms with Crippen LogP contribution in [0.15, 0.2) is 18.2 Å². The summed E-state index contributed by atoms with van der Waals surface area (Å²) in [4.78, 5) is 8.23. The van der Waals surface area contributed by atoms with Crippen molar-refractivity contribution in [3.63, 3.8) is 0 Å². The fourth-order valence-electron chi connectivity index (χ4n) is 6.27. The monoisotopic (exact) mass is 427 g/mol. The molecule has 0 aromatic heterocycles. The maximum atomic E-state index is 5.83. The van der Waals surface area contributed by atoms with Gasteiger partial charge in [0.2, 0.25) is 6.79 Å². The van der Waals surface area contributed by atoms with Gasteiger partial charge in [0.15, 0.2) is 11.5 Å². The summed E-state index contributed by atoms with van der Waals surface area (Å²) in [5.74, 6) is 2.69. The van der Waals surface area contributed by atoms with E-state index in [1.807, 2.05) is 6.07 Å². The average Bonchev–Trinajstić information content (AvgIpc) is 3.51. The predicted molar refractivity (Wildman–Crippen MR) is 125 cm³/mol. The Morgan fingerprint density at radius 3 is 2.65 bits per heavy atom. The largest absolute Gasteiger partial charge is 0.454 e. The van der Waals surface area contributed by atoms with Crippen LogP contribution in [0.25, 0.3) is 0 Å². The van der Waals surface area contributed by atoms with Gasteiger partial charge in [0.05, 0.1) is 0 Å². The van der Waals surface area contributed by atoms with Crippen LogP contribution in [-0.4, -0.2) is 73.3 Å². The van der Waals surface area contributed by atoms with Crippen molar-refractivity contribution >= 4 is 0 Å². The van der Waals surface area contributed by atoms with Gasteiger partial charge in [-0.1, -0.05) is 31.4 Å². The second-order valence-corrected chi connectivity index (χ2v) is 10.2. The van der Waals surface area contributed by atoms with Gasteiger partial charge < -0.3 is 19.3 Å². The highest BCUT2D eigenvalue weighted by molar-refractivity contribution is 5.48. The van der Waals surface area contributed by atoms with Crippen molar-refractivity contribution in [3.8, 4) is 11.5 Å². The fraction of sp³-hybridized carbons (Fsp3) is 0.769. The summed E-state index contributed by atoms with van der Waals surface area (Å²) < 4.78 is 11.5. The number of ether oxygens (including phenoxy) is 2. The number of nitrogens with zero attached hydrogens (tertiary/aromatic N) is 3. The SMILES string of the molecule is c1cc(CN(CCN2CCCCC2)C[C@@H]2CCCN(C3CCCC3)C2)c2c(c1)OCO2. The van der Waals surface area contributed by atoms with Crippen LogP contribution in [0.2, 0.25) is 0 Å². The number of likely N-dealkylation sites (tertiary alicyclic amines) is 2. The van der Waals surface area contributed by atoms with Crippen LogP contribution in [0.4, 0.5) is 0 Å². The highest BCUT2D eigenvalue weighted by Gasteiger charge is 2.29. The average molecular weight is 428 g/mol. The number of benzene rings is 1. The van der Waals surface area contributed by atoms with Crippen LogP contribution in [0, 0.1) is 5.92 Å². The molecule has 31 heavy (non-hydrogen) atoms. The number of piperidine rings is 2. The van der Waals surface area contributed by atoms with Crippen molar-refractivity contribution < 1.29 is 9.47 Å². The zero-order valence-electron chi connectivity index (χ0n) is 19.3. The Bertz CT molecular complexity index is 700. The van der Waals surface area contributed by atoms with Crippen LogP contribution in [-0.2, 0) is 6.54 Å². The molecule has 3 aliphatic heterocycles. The van der Waals surface area contributed by atoms with E-state index in [9.17, 15) is 0 Å². The molecule has 1 atom stereocenters. The molecule has 0 N–H and O–H groups in total. The topological polar surface area (TPSA) is 28.2 Å². The molecule has 0 unspecified atom stereocenters. The lowest BCUT2D eigenvalue weighted by Gasteiger charge is -2.39. The molecule has 0 amide bonds. The van der Waals surface area contributed by atoms with Crippen LogP contribution in [0.3, 0.4) is 0 Å². The second-order valence-electron chi connectivity index (χ2n) is 10.2. The quantitative estimate of drug-likeness (QED) is 0.615. The first-order valence-electron chi connectivity index (χ1n) is 12.9.